The Hall–Kier alpha value is -3.26. The van der Waals surface area contributed by atoms with Crippen LogP contribution in [0.1, 0.15) is 52.3 Å². The fourth-order valence-corrected chi connectivity index (χ4v) is 5.66. The molecule has 2 aromatic carbocycles. The second-order valence-corrected chi connectivity index (χ2v) is 9.67. The Labute approximate surface area is 203 Å². The van der Waals surface area contributed by atoms with Crippen molar-refractivity contribution in [1.82, 2.24) is 10.3 Å². The highest BCUT2D eigenvalue weighted by Gasteiger charge is 2.36. The molecular formula is C26H28N2O5S. The normalized spacial score (nSPS) is 15.8. The smallest absolute Gasteiger partial charge is 0.270 e. The zero-order valence-corrected chi connectivity index (χ0v) is 20.2. The van der Waals surface area contributed by atoms with E-state index < -0.39 is 0 Å². The van der Waals surface area contributed by atoms with Crippen molar-refractivity contribution in [1.29, 1.82) is 0 Å². The summed E-state index contributed by atoms with van der Waals surface area (Å²) in [4.78, 5) is 17.6. The lowest BCUT2D eigenvalue weighted by Crippen LogP contribution is -2.39. The summed E-state index contributed by atoms with van der Waals surface area (Å²) >= 11 is 1.49. The van der Waals surface area contributed by atoms with E-state index in [9.17, 15) is 4.79 Å². The molecule has 178 valence electrons. The van der Waals surface area contributed by atoms with E-state index in [0.717, 1.165) is 47.8 Å². The first-order valence-corrected chi connectivity index (χ1v) is 12.3. The number of hydrogen-bond donors (Lipinski definition) is 1. The van der Waals surface area contributed by atoms with Gasteiger partial charge >= 0.3 is 0 Å². The predicted molar refractivity (Wildman–Crippen MR) is 130 cm³/mol. The molecule has 0 bridgehead atoms. The summed E-state index contributed by atoms with van der Waals surface area (Å²) in [6, 6.07) is 12.0. The SMILES string of the molecule is COc1ccc(C2(CNC(=O)c3csc(Cc4ccc5c(c4)OCO5)n3)CCCC2)cc1OC. The van der Waals surface area contributed by atoms with E-state index >= 15 is 0 Å². The zero-order valence-electron chi connectivity index (χ0n) is 19.4. The highest BCUT2D eigenvalue weighted by atomic mass is 32.1. The lowest BCUT2D eigenvalue weighted by molar-refractivity contribution is 0.0938. The molecule has 1 aromatic heterocycles. The first-order valence-electron chi connectivity index (χ1n) is 11.4. The molecule has 1 fully saturated rings. The van der Waals surface area contributed by atoms with Crippen LogP contribution in [-0.4, -0.2) is 38.4 Å². The van der Waals surface area contributed by atoms with Gasteiger partial charge in [-0.25, -0.2) is 4.98 Å². The summed E-state index contributed by atoms with van der Waals surface area (Å²) in [5.41, 5.74) is 2.59. The minimum absolute atomic E-state index is 0.111. The molecule has 7 nitrogen and oxygen atoms in total. The topological polar surface area (TPSA) is 78.9 Å². The van der Waals surface area contributed by atoms with E-state index in [-0.39, 0.29) is 18.1 Å². The summed E-state index contributed by atoms with van der Waals surface area (Å²) in [6.45, 7) is 0.821. The highest BCUT2D eigenvalue weighted by molar-refractivity contribution is 7.09. The molecule has 2 aliphatic rings. The molecule has 1 N–H and O–H groups in total. The van der Waals surface area contributed by atoms with Crippen LogP contribution in [0.25, 0.3) is 0 Å². The molecule has 3 aromatic rings. The minimum Gasteiger partial charge on any atom is -0.493 e. The van der Waals surface area contributed by atoms with Gasteiger partial charge in [-0.05, 0) is 48.2 Å². The van der Waals surface area contributed by atoms with Crippen LogP contribution in [0.4, 0.5) is 0 Å². The van der Waals surface area contributed by atoms with Crippen molar-refractivity contribution in [2.75, 3.05) is 27.6 Å². The Morgan fingerprint density at radius 1 is 1.06 bits per heavy atom. The number of nitrogens with zero attached hydrogens (tertiary/aromatic N) is 1. The van der Waals surface area contributed by atoms with Crippen molar-refractivity contribution in [3.8, 4) is 23.0 Å². The third kappa shape index (κ3) is 4.42. The second-order valence-electron chi connectivity index (χ2n) is 8.73. The highest BCUT2D eigenvalue weighted by Crippen LogP contribution is 2.43. The standard InChI is InChI=1S/C26H28N2O5S/c1-30-20-8-6-18(13-22(20)31-2)26(9-3-4-10-26)15-27-25(29)19-14-34-24(28-19)12-17-5-7-21-23(11-17)33-16-32-21/h5-8,11,13-14H,3-4,9-10,12,15-16H2,1-2H3,(H,27,29). The van der Waals surface area contributed by atoms with Gasteiger partial charge in [-0.1, -0.05) is 25.0 Å². The Morgan fingerprint density at radius 3 is 2.65 bits per heavy atom. The molecule has 5 rings (SSSR count). The Kier molecular flexibility index (Phi) is 6.32. The summed E-state index contributed by atoms with van der Waals surface area (Å²) in [5, 5.41) is 5.87. The van der Waals surface area contributed by atoms with Crippen molar-refractivity contribution in [3.63, 3.8) is 0 Å². The van der Waals surface area contributed by atoms with Crippen LogP contribution in [0.15, 0.2) is 41.8 Å². The van der Waals surface area contributed by atoms with Gasteiger partial charge in [0.1, 0.15) is 5.69 Å². The number of hydrogen-bond acceptors (Lipinski definition) is 7. The van der Waals surface area contributed by atoms with Crippen LogP contribution in [0.2, 0.25) is 0 Å². The number of aromatic nitrogens is 1. The molecule has 8 heteroatoms. The molecule has 0 radical (unpaired) electrons. The van der Waals surface area contributed by atoms with E-state index in [2.05, 4.69) is 16.4 Å². The van der Waals surface area contributed by atoms with Gasteiger partial charge in [-0.3, -0.25) is 4.79 Å². The number of fused-ring (bicyclic) bond motifs is 1. The van der Waals surface area contributed by atoms with Crippen molar-refractivity contribution >= 4 is 17.2 Å². The average Bonchev–Trinajstić information content (AvgIpc) is 3.63. The number of amides is 1. The lowest BCUT2D eigenvalue weighted by Gasteiger charge is -2.30. The molecular weight excluding hydrogens is 452 g/mol. The first-order chi connectivity index (χ1) is 16.6. The first kappa shape index (κ1) is 22.5. The van der Waals surface area contributed by atoms with Crippen LogP contribution in [-0.2, 0) is 11.8 Å². The number of ether oxygens (including phenoxy) is 4. The van der Waals surface area contributed by atoms with E-state index in [1.807, 2.05) is 35.7 Å². The molecule has 0 saturated heterocycles. The Bertz CT molecular complexity index is 1190. The van der Waals surface area contributed by atoms with Crippen LogP contribution >= 0.6 is 11.3 Å². The van der Waals surface area contributed by atoms with Crippen molar-refractivity contribution in [2.45, 2.75) is 37.5 Å². The summed E-state index contributed by atoms with van der Waals surface area (Å²) in [6.07, 6.45) is 4.97. The number of benzene rings is 2. The van der Waals surface area contributed by atoms with Crippen LogP contribution in [0.3, 0.4) is 0 Å². The van der Waals surface area contributed by atoms with Crippen LogP contribution in [0.5, 0.6) is 23.0 Å². The molecule has 0 atom stereocenters. The second kappa shape index (κ2) is 9.54. The van der Waals surface area contributed by atoms with E-state index in [1.165, 1.54) is 16.9 Å². The quantitative estimate of drug-likeness (QED) is 0.503. The zero-order chi connectivity index (χ0) is 23.5. The van der Waals surface area contributed by atoms with Gasteiger partial charge < -0.3 is 24.3 Å². The summed E-state index contributed by atoms with van der Waals surface area (Å²) in [7, 11) is 3.28. The van der Waals surface area contributed by atoms with Gasteiger partial charge in [0.15, 0.2) is 23.0 Å². The van der Waals surface area contributed by atoms with Gasteiger partial charge in [-0.2, -0.15) is 0 Å². The molecule has 1 amide bonds. The fourth-order valence-electron chi connectivity index (χ4n) is 4.85. The number of rotatable bonds is 8. The van der Waals surface area contributed by atoms with E-state index in [1.54, 1.807) is 14.2 Å². The Morgan fingerprint density at radius 2 is 1.85 bits per heavy atom. The maximum absolute atomic E-state index is 13.0. The van der Waals surface area contributed by atoms with Gasteiger partial charge in [0.05, 0.1) is 19.2 Å². The number of carbonyl (C=O) groups is 1. The van der Waals surface area contributed by atoms with Crippen LogP contribution in [0, 0.1) is 0 Å². The number of carbonyl (C=O) groups excluding carboxylic acids is 1. The molecule has 2 heterocycles. The average molecular weight is 481 g/mol. The van der Waals surface area contributed by atoms with Crippen molar-refractivity contribution < 1.29 is 23.7 Å². The monoisotopic (exact) mass is 480 g/mol. The van der Waals surface area contributed by atoms with Crippen LogP contribution < -0.4 is 24.3 Å². The Balaban J connectivity index is 1.26. The number of methoxy groups -OCH3 is 2. The third-order valence-corrected chi connectivity index (χ3v) is 7.57. The number of nitrogens with one attached hydrogen (secondary N) is 1. The fraction of sp³-hybridized carbons (Fsp3) is 0.385. The minimum atomic E-state index is -0.139. The summed E-state index contributed by atoms with van der Waals surface area (Å²) in [5.74, 6) is 2.80. The summed E-state index contributed by atoms with van der Waals surface area (Å²) < 4.78 is 21.7. The van der Waals surface area contributed by atoms with E-state index in [0.29, 0.717) is 30.2 Å². The molecule has 34 heavy (non-hydrogen) atoms. The molecule has 1 aliphatic heterocycles. The maximum atomic E-state index is 13.0. The van der Waals surface area contributed by atoms with Gasteiger partial charge in [0.2, 0.25) is 6.79 Å². The van der Waals surface area contributed by atoms with Gasteiger partial charge in [-0.15, -0.1) is 11.3 Å². The predicted octanol–water partition coefficient (Wildman–Crippen LogP) is 4.72. The lowest BCUT2D eigenvalue weighted by atomic mass is 9.78. The van der Waals surface area contributed by atoms with E-state index in [4.69, 9.17) is 18.9 Å². The molecule has 0 spiro atoms. The largest absolute Gasteiger partial charge is 0.493 e. The number of thiazole rings is 1. The molecule has 1 saturated carbocycles. The third-order valence-electron chi connectivity index (χ3n) is 6.72. The van der Waals surface area contributed by atoms with Gasteiger partial charge in [0, 0.05) is 23.8 Å². The van der Waals surface area contributed by atoms with Crippen molar-refractivity contribution in [2.24, 2.45) is 0 Å². The molecule has 0 unspecified atom stereocenters. The van der Waals surface area contributed by atoms with Crippen molar-refractivity contribution in [3.05, 3.63) is 63.6 Å². The molecule has 1 aliphatic carbocycles. The maximum Gasteiger partial charge on any atom is 0.270 e. The van der Waals surface area contributed by atoms with Gasteiger partial charge in [0.25, 0.3) is 5.91 Å².